The van der Waals surface area contributed by atoms with Crippen molar-refractivity contribution in [3.63, 3.8) is 0 Å². The molecule has 0 radical (unpaired) electrons. The Balaban J connectivity index is 1.89. The van der Waals surface area contributed by atoms with Gasteiger partial charge in [-0.25, -0.2) is 0 Å². The van der Waals surface area contributed by atoms with Crippen molar-refractivity contribution in [3.8, 4) is 11.5 Å². The minimum atomic E-state index is 0.240. The highest BCUT2D eigenvalue weighted by Gasteiger charge is 2.17. The summed E-state index contributed by atoms with van der Waals surface area (Å²) in [6.45, 7) is 1.86. The number of aromatic hydroxyl groups is 1. The zero-order chi connectivity index (χ0) is 13.9. The van der Waals surface area contributed by atoms with Crippen molar-refractivity contribution in [2.75, 3.05) is 18.6 Å². The molecule has 3 heteroatoms. The van der Waals surface area contributed by atoms with E-state index < -0.39 is 0 Å². The van der Waals surface area contributed by atoms with Crippen LogP contribution in [0.25, 0.3) is 0 Å². The van der Waals surface area contributed by atoms with Gasteiger partial charge in [-0.1, -0.05) is 18.2 Å². The quantitative estimate of drug-likeness (QED) is 0.927. The first kappa shape index (κ1) is 12.9. The van der Waals surface area contributed by atoms with Crippen LogP contribution in [0.4, 0.5) is 5.69 Å². The summed E-state index contributed by atoms with van der Waals surface area (Å²) in [5.74, 6) is 0.984. The number of hydrogen-bond acceptors (Lipinski definition) is 3. The molecule has 2 aromatic carbocycles. The average molecular weight is 269 g/mol. The molecule has 1 heterocycles. The predicted molar refractivity (Wildman–Crippen MR) is 80.5 cm³/mol. The topological polar surface area (TPSA) is 32.7 Å². The fourth-order valence-electron chi connectivity index (χ4n) is 2.85. The molecule has 3 rings (SSSR count). The maximum absolute atomic E-state index is 9.54. The second-order valence-corrected chi connectivity index (χ2v) is 5.15. The van der Waals surface area contributed by atoms with Gasteiger partial charge in [0.25, 0.3) is 0 Å². The highest BCUT2D eigenvalue weighted by Crippen LogP contribution is 2.31. The molecule has 0 atom stereocenters. The zero-order valence-corrected chi connectivity index (χ0v) is 11.7. The molecule has 1 aliphatic rings. The number of nitrogens with zero attached hydrogens (tertiary/aromatic N) is 1. The highest BCUT2D eigenvalue weighted by molar-refractivity contribution is 5.56. The molecule has 0 fully saturated rings. The Labute approximate surface area is 119 Å². The number of aryl methyl sites for hydroxylation is 1. The summed E-state index contributed by atoms with van der Waals surface area (Å²) in [5.41, 5.74) is 3.83. The predicted octanol–water partition coefficient (Wildman–Crippen LogP) is 3.35. The van der Waals surface area contributed by atoms with Crippen LogP contribution in [-0.4, -0.2) is 18.8 Å². The number of phenolic OH excluding ortho intramolecular Hbond substituents is 1. The lowest BCUT2D eigenvalue weighted by Gasteiger charge is -2.31. The third kappa shape index (κ3) is 2.44. The summed E-state index contributed by atoms with van der Waals surface area (Å²) in [4.78, 5) is 2.38. The van der Waals surface area contributed by atoms with Gasteiger partial charge >= 0.3 is 0 Å². The number of rotatable bonds is 3. The van der Waals surface area contributed by atoms with Crippen LogP contribution in [0.3, 0.4) is 0 Å². The van der Waals surface area contributed by atoms with E-state index in [9.17, 15) is 5.11 Å². The molecule has 0 unspecified atom stereocenters. The molecule has 20 heavy (non-hydrogen) atoms. The van der Waals surface area contributed by atoms with E-state index in [4.69, 9.17) is 4.74 Å². The number of anilines is 1. The summed E-state index contributed by atoms with van der Waals surface area (Å²) in [5, 5.41) is 9.54. The van der Waals surface area contributed by atoms with Crippen molar-refractivity contribution in [3.05, 3.63) is 53.6 Å². The van der Waals surface area contributed by atoms with Crippen LogP contribution in [0.1, 0.15) is 17.5 Å². The maximum Gasteiger partial charge on any atom is 0.127 e. The van der Waals surface area contributed by atoms with E-state index in [-0.39, 0.29) is 5.75 Å². The summed E-state index contributed by atoms with van der Waals surface area (Å²) in [6.07, 6.45) is 2.33. The number of hydrogen-bond donors (Lipinski definition) is 1. The summed E-state index contributed by atoms with van der Waals surface area (Å²) >= 11 is 0. The lowest BCUT2D eigenvalue weighted by atomic mass is 10.0. The van der Waals surface area contributed by atoms with E-state index >= 15 is 0 Å². The molecule has 0 saturated carbocycles. The average Bonchev–Trinajstić information content (AvgIpc) is 2.49. The molecular weight excluding hydrogens is 250 g/mol. The van der Waals surface area contributed by atoms with Gasteiger partial charge in [0, 0.05) is 30.4 Å². The van der Waals surface area contributed by atoms with Crippen molar-refractivity contribution in [1.82, 2.24) is 0 Å². The summed E-state index contributed by atoms with van der Waals surface area (Å²) < 4.78 is 5.37. The van der Waals surface area contributed by atoms with Crippen LogP contribution in [0.15, 0.2) is 42.5 Å². The van der Waals surface area contributed by atoms with Crippen LogP contribution in [0, 0.1) is 0 Å². The second kappa shape index (κ2) is 5.45. The van der Waals surface area contributed by atoms with E-state index in [0.717, 1.165) is 30.8 Å². The Morgan fingerprint density at radius 3 is 2.90 bits per heavy atom. The Morgan fingerprint density at radius 1 is 1.20 bits per heavy atom. The van der Waals surface area contributed by atoms with Crippen LogP contribution >= 0.6 is 0 Å². The second-order valence-electron chi connectivity index (χ2n) is 5.15. The molecule has 2 aromatic rings. The summed E-state index contributed by atoms with van der Waals surface area (Å²) in [6, 6.07) is 13.9. The first-order valence-corrected chi connectivity index (χ1v) is 6.96. The van der Waals surface area contributed by atoms with Gasteiger partial charge in [-0.3, -0.25) is 0 Å². The minimum absolute atomic E-state index is 0.240. The zero-order valence-electron chi connectivity index (χ0n) is 11.7. The number of para-hydroxylation sites is 1. The highest BCUT2D eigenvalue weighted by atomic mass is 16.5. The molecule has 0 saturated heterocycles. The molecule has 0 aromatic heterocycles. The van der Waals surface area contributed by atoms with Crippen LogP contribution < -0.4 is 9.64 Å². The Bertz CT molecular complexity index is 610. The Kier molecular flexibility index (Phi) is 3.50. The van der Waals surface area contributed by atoms with Crippen molar-refractivity contribution < 1.29 is 9.84 Å². The van der Waals surface area contributed by atoms with Crippen molar-refractivity contribution in [1.29, 1.82) is 0 Å². The number of methoxy groups -OCH3 is 1. The number of fused-ring (bicyclic) bond motifs is 1. The lowest BCUT2D eigenvalue weighted by Crippen LogP contribution is -2.28. The molecule has 0 bridgehead atoms. The van der Waals surface area contributed by atoms with Gasteiger partial charge in [0.1, 0.15) is 11.5 Å². The van der Waals surface area contributed by atoms with E-state index in [1.54, 1.807) is 19.2 Å². The molecule has 104 valence electrons. The molecular formula is C17H19NO2. The molecule has 3 nitrogen and oxygen atoms in total. The molecule has 0 amide bonds. The van der Waals surface area contributed by atoms with Crippen LogP contribution in [-0.2, 0) is 13.0 Å². The van der Waals surface area contributed by atoms with Gasteiger partial charge in [0.05, 0.1) is 7.11 Å². The SMILES string of the molecule is COc1cc(O)ccc1CN1CCCc2ccccc21. The molecule has 1 aliphatic heterocycles. The fraction of sp³-hybridized carbons (Fsp3) is 0.294. The Hall–Kier alpha value is -2.16. The van der Waals surface area contributed by atoms with Gasteiger partial charge in [0.15, 0.2) is 0 Å². The van der Waals surface area contributed by atoms with E-state index in [1.807, 2.05) is 6.07 Å². The van der Waals surface area contributed by atoms with Crippen molar-refractivity contribution in [2.45, 2.75) is 19.4 Å². The Morgan fingerprint density at radius 2 is 2.05 bits per heavy atom. The van der Waals surface area contributed by atoms with Gasteiger partial charge in [-0.15, -0.1) is 0 Å². The van der Waals surface area contributed by atoms with Gasteiger partial charge in [-0.2, -0.15) is 0 Å². The van der Waals surface area contributed by atoms with Gasteiger partial charge in [0.2, 0.25) is 0 Å². The minimum Gasteiger partial charge on any atom is -0.508 e. The first-order chi connectivity index (χ1) is 9.78. The first-order valence-electron chi connectivity index (χ1n) is 6.96. The monoisotopic (exact) mass is 269 g/mol. The smallest absolute Gasteiger partial charge is 0.127 e. The molecule has 0 spiro atoms. The number of ether oxygens (including phenoxy) is 1. The fourth-order valence-corrected chi connectivity index (χ4v) is 2.85. The van der Waals surface area contributed by atoms with Gasteiger partial charge < -0.3 is 14.7 Å². The third-order valence-corrected chi connectivity index (χ3v) is 3.84. The number of phenols is 1. The van der Waals surface area contributed by atoms with E-state index in [2.05, 4.69) is 29.2 Å². The maximum atomic E-state index is 9.54. The van der Waals surface area contributed by atoms with E-state index in [1.165, 1.54) is 17.7 Å². The lowest BCUT2D eigenvalue weighted by molar-refractivity contribution is 0.402. The van der Waals surface area contributed by atoms with Crippen molar-refractivity contribution in [2.24, 2.45) is 0 Å². The summed E-state index contributed by atoms with van der Waals surface area (Å²) in [7, 11) is 1.64. The largest absolute Gasteiger partial charge is 0.508 e. The number of benzene rings is 2. The van der Waals surface area contributed by atoms with Crippen molar-refractivity contribution >= 4 is 5.69 Å². The third-order valence-electron chi connectivity index (χ3n) is 3.84. The standard InChI is InChI=1S/C17H19NO2/c1-20-17-11-15(19)9-8-14(17)12-18-10-4-6-13-5-2-3-7-16(13)18/h2-3,5,7-9,11,19H,4,6,10,12H2,1H3. The van der Waals surface area contributed by atoms with Gasteiger partial charge in [-0.05, 0) is 36.6 Å². The molecule has 0 aliphatic carbocycles. The van der Waals surface area contributed by atoms with E-state index in [0.29, 0.717) is 0 Å². The van der Waals surface area contributed by atoms with Crippen LogP contribution in [0.5, 0.6) is 11.5 Å². The van der Waals surface area contributed by atoms with Crippen LogP contribution in [0.2, 0.25) is 0 Å². The molecule has 1 N–H and O–H groups in total. The normalized spacial score (nSPS) is 13.9.